The first-order valence-corrected chi connectivity index (χ1v) is 11.0. The molecule has 146 valence electrons. The zero-order valence-electron chi connectivity index (χ0n) is 16.3. The van der Waals surface area contributed by atoms with Crippen molar-refractivity contribution >= 4 is 21.6 Å². The lowest BCUT2D eigenvalue weighted by molar-refractivity contribution is -0.123. The number of carbonyl (C=O) groups is 1. The minimum Gasteiger partial charge on any atom is -0.347 e. The Morgan fingerprint density at radius 2 is 1.59 bits per heavy atom. The van der Waals surface area contributed by atoms with E-state index in [1.807, 2.05) is 63.2 Å². The molecule has 0 unspecified atom stereocenters. The molecular weight excluding hydrogens is 360 g/mol. The van der Waals surface area contributed by atoms with Gasteiger partial charge in [-0.15, -0.1) is 0 Å². The molecule has 2 rings (SSSR count). The minimum absolute atomic E-state index is 0.160. The number of nitrogens with zero attached hydrogens (tertiary/aromatic N) is 1. The highest BCUT2D eigenvalue weighted by Crippen LogP contribution is 2.24. The van der Waals surface area contributed by atoms with E-state index in [1.165, 1.54) is 4.31 Å². The first kappa shape index (κ1) is 21.0. The first-order valence-electron chi connectivity index (χ1n) is 9.19. The highest BCUT2D eigenvalue weighted by atomic mass is 32.2. The van der Waals surface area contributed by atoms with E-state index in [2.05, 4.69) is 5.32 Å². The number of nitrogens with one attached hydrogen (secondary N) is 1. The number of hydrogen-bond donors (Lipinski definition) is 1. The van der Waals surface area contributed by atoms with E-state index in [1.54, 1.807) is 12.1 Å². The van der Waals surface area contributed by atoms with Gasteiger partial charge in [0.15, 0.2) is 0 Å². The van der Waals surface area contributed by atoms with Crippen molar-refractivity contribution in [1.29, 1.82) is 0 Å². The van der Waals surface area contributed by atoms with Crippen LogP contribution in [0.25, 0.3) is 0 Å². The summed E-state index contributed by atoms with van der Waals surface area (Å²) in [5, 5.41) is 3.02. The van der Waals surface area contributed by atoms with Crippen LogP contribution in [0, 0.1) is 6.92 Å². The number of sulfonamides is 1. The van der Waals surface area contributed by atoms with Gasteiger partial charge in [-0.3, -0.25) is 9.10 Å². The van der Waals surface area contributed by atoms with Crippen LogP contribution in [0.2, 0.25) is 0 Å². The van der Waals surface area contributed by atoms with Crippen LogP contribution in [-0.4, -0.2) is 26.6 Å². The zero-order chi connectivity index (χ0) is 20.0. The largest absolute Gasteiger partial charge is 0.347 e. The maximum absolute atomic E-state index is 13.0. The average Bonchev–Trinajstić information content (AvgIpc) is 2.64. The fraction of sp³-hybridized carbons (Fsp3) is 0.381. The summed E-state index contributed by atoms with van der Waals surface area (Å²) in [6, 6.07) is 15.9. The third-order valence-corrected chi connectivity index (χ3v) is 5.72. The highest BCUT2D eigenvalue weighted by molar-refractivity contribution is 7.92. The summed E-state index contributed by atoms with van der Waals surface area (Å²) < 4.78 is 26.2. The Balaban J connectivity index is 2.32. The molecule has 1 N–H and O–H groups in total. The zero-order valence-corrected chi connectivity index (χ0v) is 17.2. The summed E-state index contributed by atoms with van der Waals surface area (Å²) >= 11 is 0. The van der Waals surface area contributed by atoms with Crippen molar-refractivity contribution in [2.24, 2.45) is 0 Å². The molecule has 5 nitrogen and oxygen atoms in total. The monoisotopic (exact) mass is 388 g/mol. The molecule has 2 aromatic carbocycles. The van der Waals surface area contributed by atoms with Crippen molar-refractivity contribution in [3.05, 3.63) is 65.7 Å². The van der Waals surface area contributed by atoms with Crippen LogP contribution in [0.4, 0.5) is 5.69 Å². The van der Waals surface area contributed by atoms with E-state index in [9.17, 15) is 13.2 Å². The average molecular weight is 389 g/mol. The van der Waals surface area contributed by atoms with Crippen molar-refractivity contribution in [2.45, 2.75) is 45.7 Å². The van der Waals surface area contributed by atoms with Gasteiger partial charge < -0.3 is 5.32 Å². The van der Waals surface area contributed by atoms with E-state index in [4.69, 9.17) is 0 Å². The molecule has 6 heteroatoms. The van der Waals surface area contributed by atoms with Gasteiger partial charge in [0.2, 0.25) is 15.9 Å². The topological polar surface area (TPSA) is 66.5 Å². The molecule has 2 aromatic rings. The van der Waals surface area contributed by atoms with E-state index < -0.39 is 16.1 Å². The van der Waals surface area contributed by atoms with E-state index in [0.29, 0.717) is 12.1 Å². The molecule has 0 bridgehead atoms. The SMILES string of the molecule is CC[C@H](C(=O)N[C@H](CC)c1ccccc1)N(c1ccc(C)cc1)S(C)(=O)=O. The summed E-state index contributed by atoms with van der Waals surface area (Å²) in [5.74, 6) is -0.292. The second-order valence-corrected chi connectivity index (χ2v) is 8.56. The van der Waals surface area contributed by atoms with Crippen LogP contribution in [-0.2, 0) is 14.8 Å². The lowest BCUT2D eigenvalue weighted by Gasteiger charge is -2.31. The fourth-order valence-electron chi connectivity index (χ4n) is 3.13. The molecular formula is C21H28N2O3S. The minimum atomic E-state index is -3.62. The molecule has 0 fully saturated rings. The third-order valence-electron chi connectivity index (χ3n) is 4.54. The Morgan fingerprint density at radius 1 is 1.00 bits per heavy atom. The lowest BCUT2D eigenvalue weighted by Crippen LogP contribution is -2.50. The second kappa shape index (κ2) is 9.04. The van der Waals surface area contributed by atoms with Gasteiger partial charge in [0, 0.05) is 0 Å². The van der Waals surface area contributed by atoms with Crippen LogP contribution in [0.5, 0.6) is 0 Å². The Kier molecular flexibility index (Phi) is 7.02. The molecule has 0 heterocycles. The molecule has 0 aliphatic rings. The quantitative estimate of drug-likeness (QED) is 0.748. The van der Waals surface area contributed by atoms with Gasteiger partial charge >= 0.3 is 0 Å². The van der Waals surface area contributed by atoms with Gasteiger partial charge in [0.05, 0.1) is 18.0 Å². The molecule has 1 amide bonds. The van der Waals surface area contributed by atoms with Crippen molar-refractivity contribution < 1.29 is 13.2 Å². The molecule has 2 atom stereocenters. The molecule has 27 heavy (non-hydrogen) atoms. The summed E-state index contributed by atoms with van der Waals surface area (Å²) in [6.07, 6.45) is 2.23. The van der Waals surface area contributed by atoms with Gasteiger partial charge in [-0.25, -0.2) is 8.42 Å². The van der Waals surface area contributed by atoms with Gasteiger partial charge in [-0.05, 0) is 37.5 Å². The van der Waals surface area contributed by atoms with Crippen LogP contribution in [0.15, 0.2) is 54.6 Å². The van der Waals surface area contributed by atoms with Crippen LogP contribution in [0.3, 0.4) is 0 Å². The van der Waals surface area contributed by atoms with E-state index in [0.717, 1.165) is 23.8 Å². The van der Waals surface area contributed by atoms with Crippen molar-refractivity contribution in [3.8, 4) is 0 Å². The summed E-state index contributed by atoms with van der Waals surface area (Å²) in [5.41, 5.74) is 2.53. The molecule has 0 radical (unpaired) electrons. The van der Waals surface area contributed by atoms with Crippen LogP contribution >= 0.6 is 0 Å². The van der Waals surface area contributed by atoms with E-state index >= 15 is 0 Å². The number of rotatable bonds is 8. The summed E-state index contributed by atoms with van der Waals surface area (Å²) in [7, 11) is -3.62. The Labute approximate surface area is 162 Å². The number of carbonyl (C=O) groups excluding carboxylic acids is 1. The number of anilines is 1. The molecule has 0 aromatic heterocycles. The maximum Gasteiger partial charge on any atom is 0.244 e. The Morgan fingerprint density at radius 3 is 2.07 bits per heavy atom. The number of aryl methyl sites for hydroxylation is 1. The first-order chi connectivity index (χ1) is 12.8. The second-order valence-electron chi connectivity index (χ2n) is 6.70. The standard InChI is InChI=1S/C21H28N2O3S/c1-5-19(17-10-8-7-9-11-17)22-21(24)20(6-2)23(27(4,25)26)18-14-12-16(3)13-15-18/h7-15,19-20H,5-6H2,1-4H3,(H,22,24)/t19-,20-/m1/s1. The van der Waals surface area contributed by atoms with Gasteiger partial charge in [-0.1, -0.05) is 61.9 Å². The molecule has 0 aliphatic carbocycles. The summed E-state index contributed by atoms with van der Waals surface area (Å²) in [6.45, 7) is 5.75. The number of benzene rings is 2. The predicted octanol–water partition coefficient (Wildman–Crippen LogP) is 3.81. The van der Waals surface area contributed by atoms with Crippen LogP contribution in [0.1, 0.15) is 43.9 Å². The van der Waals surface area contributed by atoms with Gasteiger partial charge in [-0.2, -0.15) is 0 Å². The van der Waals surface area contributed by atoms with Gasteiger partial charge in [0.25, 0.3) is 0 Å². The molecule has 0 saturated heterocycles. The number of amides is 1. The summed E-state index contributed by atoms with van der Waals surface area (Å²) in [4.78, 5) is 13.0. The highest BCUT2D eigenvalue weighted by Gasteiger charge is 2.32. The molecule has 0 spiro atoms. The fourth-order valence-corrected chi connectivity index (χ4v) is 4.34. The lowest BCUT2D eigenvalue weighted by atomic mass is 10.0. The Hall–Kier alpha value is -2.34. The maximum atomic E-state index is 13.0. The third kappa shape index (κ3) is 5.32. The van der Waals surface area contributed by atoms with Crippen molar-refractivity contribution in [1.82, 2.24) is 5.32 Å². The Bertz CT molecular complexity index is 849. The smallest absolute Gasteiger partial charge is 0.244 e. The predicted molar refractivity (Wildman–Crippen MR) is 110 cm³/mol. The van der Waals surface area contributed by atoms with Crippen LogP contribution < -0.4 is 9.62 Å². The van der Waals surface area contributed by atoms with Crippen molar-refractivity contribution in [2.75, 3.05) is 10.6 Å². The molecule has 0 saturated carbocycles. The normalized spacial score (nSPS) is 13.6. The van der Waals surface area contributed by atoms with Gasteiger partial charge in [0.1, 0.15) is 6.04 Å². The number of hydrogen-bond acceptors (Lipinski definition) is 3. The van der Waals surface area contributed by atoms with E-state index in [-0.39, 0.29) is 11.9 Å². The molecule has 0 aliphatic heterocycles. The van der Waals surface area contributed by atoms with Crippen molar-refractivity contribution in [3.63, 3.8) is 0 Å².